The van der Waals surface area contributed by atoms with Crippen LogP contribution in [0.5, 0.6) is 0 Å². The molecular formula is C16H19ClN2O2. The quantitative estimate of drug-likeness (QED) is 0.916. The number of amides is 1. The molecule has 1 amide bonds. The highest BCUT2D eigenvalue weighted by Crippen LogP contribution is 2.24. The molecule has 1 aromatic carbocycles. The van der Waals surface area contributed by atoms with E-state index in [1.54, 1.807) is 6.92 Å². The SMILES string of the molecule is CC(O)C1CCN(C(=O)Cc2c[nH]c3cc(Cl)ccc23)C1. The molecule has 21 heavy (non-hydrogen) atoms. The van der Waals surface area contributed by atoms with Gasteiger partial charge < -0.3 is 15.0 Å². The first kappa shape index (κ1) is 14.4. The predicted octanol–water partition coefficient (Wildman–Crippen LogP) is 2.59. The minimum Gasteiger partial charge on any atom is -0.393 e. The number of carbonyl (C=O) groups is 1. The second-order valence-corrected chi connectivity index (χ2v) is 6.25. The number of aliphatic hydroxyl groups is 1. The van der Waals surface area contributed by atoms with Crippen LogP contribution in [0.3, 0.4) is 0 Å². The van der Waals surface area contributed by atoms with Crippen molar-refractivity contribution < 1.29 is 9.90 Å². The summed E-state index contributed by atoms with van der Waals surface area (Å²) in [6, 6.07) is 5.65. The topological polar surface area (TPSA) is 56.3 Å². The van der Waals surface area contributed by atoms with Crippen LogP contribution in [0.15, 0.2) is 24.4 Å². The third-order valence-corrected chi connectivity index (χ3v) is 4.57. The monoisotopic (exact) mass is 306 g/mol. The Morgan fingerprint density at radius 3 is 3.10 bits per heavy atom. The van der Waals surface area contributed by atoms with Gasteiger partial charge in [-0.05, 0) is 31.0 Å². The number of aromatic nitrogens is 1. The van der Waals surface area contributed by atoms with Crippen molar-refractivity contribution in [1.29, 1.82) is 0 Å². The van der Waals surface area contributed by atoms with E-state index in [2.05, 4.69) is 4.98 Å². The van der Waals surface area contributed by atoms with Gasteiger partial charge in [0.2, 0.25) is 5.91 Å². The van der Waals surface area contributed by atoms with Gasteiger partial charge in [-0.3, -0.25) is 4.79 Å². The summed E-state index contributed by atoms with van der Waals surface area (Å²) >= 11 is 5.96. The van der Waals surface area contributed by atoms with E-state index in [4.69, 9.17) is 11.6 Å². The number of benzene rings is 1. The van der Waals surface area contributed by atoms with Gasteiger partial charge in [0, 0.05) is 41.1 Å². The minimum absolute atomic E-state index is 0.119. The lowest BCUT2D eigenvalue weighted by atomic mass is 10.0. The van der Waals surface area contributed by atoms with Gasteiger partial charge in [-0.15, -0.1) is 0 Å². The molecule has 0 saturated carbocycles. The van der Waals surface area contributed by atoms with Crippen LogP contribution in [0, 0.1) is 5.92 Å². The van der Waals surface area contributed by atoms with E-state index < -0.39 is 0 Å². The summed E-state index contributed by atoms with van der Waals surface area (Å²) in [4.78, 5) is 17.4. The summed E-state index contributed by atoms with van der Waals surface area (Å²) in [5.41, 5.74) is 1.95. The molecule has 1 fully saturated rings. The lowest BCUT2D eigenvalue weighted by Crippen LogP contribution is -2.31. The van der Waals surface area contributed by atoms with Crippen molar-refractivity contribution in [2.45, 2.75) is 25.9 Å². The van der Waals surface area contributed by atoms with E-state index >= 15 is 0 Å². The fraction of sp³-hybridized carbons (Fsp3) is 0.438. The van der Waals surface area contributed by atoms with Crippen LogP contribution in [0.25, 0.3) is 10.9 Å². The molecule has 1 aliphatic rings. The first-order valence-corrected chi connectivity index (χ1v) is 7.64. The van der Waals surface area contributed by atoms with Gasteiger partial charge in [0.05, 0.1) is 12.5 Å². The van der Waals surface area contributed by atoms with Crippen LogP contribution in [0.2, 0.25) is 5.02 Å². The molecule has 3 rings (SSSR count). The number of halogens is 1. The molecule has 0 bridgehead atoms. The summed E-state index contributed by atoms with van der Waals surface area (Å²) in [6.45, 7) is 3.19. The molecule has 5 heteroatoms. The molecule has 1 aromatic heterocycles. The number of fused-ring (bicyclic) bond motifs is 1. The van der Waals surface area contributed by atoms with Crippen molar-refractivity contribution in [3.8, 4) is 0 Å². The molecular weight excluding hydrogens is 288 g/mol. The molecule has 1 saturated heterocycles. The third-order valence-electron chi connectivity index (χ3n) is 4.33. The number of hydrogen-bond donors (Lipinski definition) is 2. The minimum atomic E-state index is -0.349. The number of aliphatic hydroxyl groups excluding tert-OH is 1. The molecule has 2 unspecified atom stereocenters. The summed E-state index contributed by atoms with van der Waals surface area (Å²) in [7, 11) is 0. The van der Waals surface area contributed by atoms with Crippen molar-refractivity contribution >= 4 is 28.4 Å². The fourth-order valence-electron chi connectivity index (χ4n) is 2.99. The van der Waals surface area contributed by atoms with Gasteiger partial charge >= 0.3 is 0 Å². The lowest BCUT2D eigenvalue weighted by Gasteiger charge is -2.17. The first-order valence-electron chi connectivity index (χ1n) is 7.26. The number of nitrogens with one attached hydrogen (secondary N) is 1. The van der Waals surface area contributed by atoms with Crippen LogP contribution in [-0.2, 0) is 11.2 Å². The summed E-state index contributed by atoms with van der Waals surface area (Å²) < 4.78 is 0. The van der Waals surface area contributed by atoms with Crippen molar-refractivity contribution in [3.05, 3.63) is 35.0 Å². The molecule has 112 valence electrons. The average Bonchev–Trinajstić information content (AvgIpc) is 3.06. The molecule has 0 spiro atoms. The van der Waals surface area contributed by atoms with Crippen LogP contribution in [-0.4, -0.2) is 40.1 Å². The number of hydrogen-bond acceptors (Lipinski definition) is 2. The number of nitrogens with zero attached hydrogens (tertiary/aromatic N) is 1. The number of aromatic amines is 1. The van der Waals surface area contributed by atoms with E-state index in [0.29, 0.717) is 18.0 Å². The highest BCUT2D eigenvalue weighted by atomic mass is 35.5. The van der Waals surface area contributed by atoms with Crippen molar-refractivity contribution in [3.63, 3.8) is 0 Å². The zero-order valence-corrected chi connectivity index (χ0v) is 12.7. The second-order valence-electron chi connectivity index (χ2n) is 5.81. The Kier molecular flexibility index (Phi) is 3.91. The number of carbonyl (C=O) groups excluding carboxylic acids is 1. The van der Waals surface area contributed by atoms with E-state index in [-0.39, 0.29) is 17.9 Å². The van der Waals surface area contributed by atoms with Crippen molar-refractivity contribution in [2.75, 3.05) is 13.1 Å². The predicted molar refractivity (Wildman–Crippen MR) is 83.4 cm³/mol. The zero-order valence-electron chi connectivity index (χ0n) is 12.0. The van der Waals surface area contributed by atoms with Crippen LogP contribution >= 0.6 is 11.6 Å². The second kappa shape index (κ2) is 5.70. The molecule has 0 radical (unpaired) electrons. The Morgan fingerprint density at radius 2 is 2.38 bits per heavy atom. The standard InChI is InChI=1S/C16H19ClN2O2/c1-10(20)11-4-5-19(9-11)16(21)6-12-8-18-15-7-13(17)2-3-14(12)15/h2-3,7-8,10-11,18,20H,4-6,9H2,1H3. The maximum atomic E-state index is 12.4. The summed E-state index contributed by atoms with van der Waals surface area (Å²) in [5, 5.41) is 11.3. The Hall–Kier alpha value is -1.52. The van der Waals surface area contributed by atoms with Gasteiger partial charge in [-0.25, -0.2) is 0 Å². The van der Waals surface area contributed by atoms with E-state index in [1.807, 2.05) is 29.3 Å². The zero-order chi connectivity index (χ0) is 15.0. The first-order chi connectivity index (χ1) is 10.0. The molecule has 2 atom stereocenters. The van der Waals surface area contributed by atoms with Crippen LogP contribution in [0.4, 0.5) is 0 Å². The Bertz CT molecular complexity index is 665. The average molecular weight is 307 g/mol. The maximum absolute atomic E-state index is 12.4. The normalized spacial score (nSPS) is 20.1. The van der Waals surface area contributed by atoms with E-state index in [0.717, 1.165) is 29.4 Å². The Labute approximate surface area is 128 Å². The molecule has 0 aliphatic carbocycles. The number of likely N-dealkylation sites (tertiary alicyclic amines) is 1. The maximum Gasteiger partial charge on any atom is 0.227 e. The number of rotatable bonds is 3. The van der Waals surface area contributed by atoms with E-state index in [9.17, 15) is 9.90 Å². The smallest absolute Gasteiger partial charge is 0.227 e. The Morgan fingerprint density at radius 1 is 1.57 bits per heavy atom. The fourth-order valence-corrected chi connectivity index (χ4v) is 3.16. The van der Waals surface area contributed by atoms with Crippen LogP contribution < -0.4 is 0 Å². The molecule has 2 aromatic rings. The van der Waals surface area contributed by atoms with E-state index in [1.165, 1.54) is 0 Å². The Balaban J connectivity index is 1.72. The molecule has 2 N–H and O–H groups in total. The molecule has 2 heterocycles. The third kappa shape index (κ3) is 2.92. The number of H-pyrrole nitrogens is 1. The highest BCUT2D eigenvalue weighted by Gasteiger charge is 2.29. The van der Waals surface area contributed by atoms with Gasteiger partial charge in [-0.2, -0.15) is 0 Å². The van der Waals surface area contributed by atoms with Crippen molar-refractivity contribution in [1.82, 2.24) is 9.88 Å². The largest absolute Gasteiger partial charge is 0.393 e. The van der Waals surface area contributed by atoms with Gasteiger partial charge in [0.1, 0.15) is 0 Å². The van der Waals surface area contributed by atoms with Gasteiger partial charge in [0.25, 0.3) is 0 Å². The summed E-state index contributed by atoms with van der Waals surface area (Å²) in [5.74, 6) is 0.324. The van der Waals surface area contributed by atoms with Crippen molar-refractivity contribution in [2.24, 2.45) is 5.92 Å². The van der Waals surface area contributed by atoms with Gasteiger partial charge in [0.15, 0.2) is 0 Å². The lowest BCUT2D eigenvalue weighted by molar-refractivity contribution is -0.129. The molecule has 4 nitrogen and oxygen atoms in total. The molecule has 1 aliphatic heterocycles. The highest BCUT2D eigenvalue weighted by molar-refractivity contribution is 6.31. The summed E-state index contributed by atoms with van der Waals surface area (Å²) in [6.07, 6.45) is 2.79. The van der Waals surface area contributed by atoms with Crippen LogP contribution in [0.1, 0.15) is 18.9 Å². The van der Waals surface area contributed by atoms with Gasteiger partial charge in [-0.1, -0.05) is 17.7 Å².